The zero-order valence-electron chi connectivity index (χ0n) is 11.4. The predicted molar refractivity (Wildman–Crippen MR) is 78.1 cm³/mol. The van der Waals surface area contributed by atoms with Crippen molar-refractivity contribution >= 4 is 10.9 Å². The van der Waals surface area contributed by atoms with E-state index < -0.39 is 11.7 Å². The van der Waals surface area contributed by atoms with Crippen LogP contribution in [0, 0.1) is 0 Å². The molecule has 1 heterocycles. The molecular weight excluding hydrogens is 291 g/mol. The molecule has 0 saturated heterocycles. The Kier molecular flexibility index (Phi) is 3.58. The van der Waals surface area contributed by atoms with E-state index in [0.29, 0.717) is 16.5 Å². The highest BCUT2D eigenvalue weighted by Crippen LogP contribution is 2.38. The van der Waals surface area contributed by atoms with Crippen LogP contribution < -0.4 is 0 Å². The summed E-state index contributed by atoms with van der Waals surface area (Å²) < 4.78 is 39.4. The summed E-state index contributed by atoms with van der Waals surface area (Å²) in [5.41, 5.74) is 0.952. The molecule has 0 aliphatic carbocycles. The van der Waals surface area contributed by atoms with Crippen LogP contribution in [-0.2, 0) is 12.8 Å². The first-order valence-corrected chi connectivity index (χ1v) is 6.66. The number of aromatic nitrogens is 1. The van der Waals surface area contributed by atoms with E-state index in [1.54, 1.807) is 30.3 Å². The van der Waals surface area contributed by atoms with Crippen LogP contribution in [0.1, 0.15) is 11.1 Å². The second-order valence-electron chi connectivity index (χ2n) is 4.88. The van der Waals surface area contributed by atoms with E-state index in [-0.39, 0.29) is 12.1 Å². The van der Waals surface area contributed by atoms with E-state index in [0.717, 1.165) is 11.6 Å². The maximum Gasteiger partial charge on any atom is 0.418 e. The molecule has 0 aliphatic rings. The quantitative estimate of drug-likeness (QED) is 0.760. The standard InChI is InChI=1S/C17H12F3NO/c18-17(19,20)14-8-4-7-13-15(11-5-2-1-3-6-11)12(10-22)9-21-16(13)14/h1-9,22H,10H2. The number of pyridine rings is 1. The fraction of sp³-hybridized carbons (Fsp3) is 0.118. The van der Waals surface area contributed by atoms with Crippen molar-refractivity contribution in [1.82, 2.24) is 4.98 Å². The molecule has 0 spiro atoms. The van der Waals surface area contributed by atoms with Crippen LogP contribution in [0.3, 0.4) is 0 Å². The highest BCUT2D eigenvalue weighted by molar-refractivity contribution is 5.97. The molecule has 2 aromatic carbocycles. The number of hydrogen-bond donors (Lipinski definition) is 1. The molecule has 0 unspecified atom stereocenters. The van der Waals surface area contributed by atoms with Gasteiger partial charge in [-0.05, 0) is 17.2 Å². The van der Waals surface area contributed by atoms with Gasteiger partial charge in [-0.3, -0.25) is 4.98 Å². The largest absolute Gasteiger partial charge is 0.418 e. The molecule has 3 rings (SSSR count). The van der Waals surface area contributed by atoms with Gasteiger partial charge in [0.05, 0.1) is 17.7 Å². The fourth-order valence-electron chi connectivity index (χ4n) is 2.56. The molecule has 1 N–H and O–H groups in total. The maximum absolute atomic E-state index is 13.1. The molecule has 0 bridgehead atoms. The van der Waals surface area contributed by atoms with Crippen molar-refractivity contribution < 1.29 is 18.3 Å². The minimum absolute atomic E-state index is 0.106. The molecule has 3 aromatic rings. The van der Waals surface area contributed by atoms with Crippen LogP contribution >= 0.6 is 0 Å². The van der Waals surface area contributed by atoms with E-state index in [2.05, 4.69) is 4.98 Å². The third-order valence-corrected chi connectivity index (χ3v) is 3.51. The van der Waals surface area contributed by atoms with Gasteiger partial charge in [-0.2, -0.15) is 13.2 Å². The molecule has 0 aliphatic heterocycles. The van der Waals surface area contributed by atoms with E-state index in [9.17, 15) is 18.3 Å². The molecule has 22 heavy (non-hydrogen) atoms. The van der Waals surface area contributed by atoms with Gasteiger partial charge in [-0.25, -0.2) is 0 Å². The van der Waals surface area contributed by atoms with E-state index in [1.807, 2.05) is 6.07 Å². The number of halogens is 3. The van der Waals surface area contributed by atoms with E-state index >= 15 is 0 Å². The zero-order chi connectivity index (χ0) is 15.7. The summed E-state index contributed by atoms with van der Waals surface area (Å²) in [6.45, 7) is -0.288. The second kappa shape index (κ2) is 5.42. The van der Waals surface area contributed by atoms with Crippen LogP contribution in [-0.4, -0.2) is 10.1 Å². The Labute approximate surface area is 124 Å². The van der Waals surface area contributed by atoms with Crippen LogP contribution in [0.2, 0.25) is 0 Å². The van der Waals surface area contributed by atoms with Crippen LogP contribution in [0.15, 0.2) is 54.7 Å². The summed E-state index contributed by atoms with van der Waals surface area (Å²) in [5, 5.41) is 9.89. The van der Waals surface area contributed by atoms with Gasteiger partial charge < -0.3 is 5.11 Å². The van der Waals surface area contributed by atoms with Gasteiger partial charge in [-0.15, -0.1) is 0 Å². The lowest BCUT2D eigenvalue weighted by molar-refractivity contribution is -0.136. The molecule has 0 radical (unpaired) electrons. The van der Waals surface area contributed by atoms with Crippen molar-refractivity contribution in [2.45, 2.75) is 12.8 Å². The number of aliphatic hydroxyl groups is 1. The molecule has 5 heteroatoms. The Morgan fingerprint density at radius 1 is 0.955 bits per heavy atom. The van der Waals surface area contributed by atoms with Gasteiger partial charge in [0, 0.05) is 17.1 Å². The number of rotatable bonds is 2. The Morgan fingerprint density at radius 3 is 2.32 bits per heavy atom. The first kappa shape index (κ1) is 14.5. The van der Waals surface area contributed by atoms with Crippen LogP contribution in [0.5, 0.6) is 0 Å². The number of fused-ring (bicyclic) bond motifs is 1. The third-order valence-electron chi connectivity index (χ3n) is 3.51. The summed E-state index contributed by atoms with van der Waals surface area (Å²) in [7, 11) is 0. The normalized spacial score (nSPS) is 11.8. The maximum atomic E-state index is 13.1. The summed E-state index contributed by atoms with van der Waals surface area (Å²) in [6, 6.07) is 13.0. The average Bonchev–Trinajstić information content (AvgIpc) is 2.53. The van der Waals surface area contributed by atoms with E-state index in [1.165, 1.54) is 12.3 Å². The first-order valence-electron chi connectivity index (χ1n) is 6.66. The van der Waals surface area contributed by atoms with Gasteiger partial charge in [-0.1, -0.05) is 42.5 Å². The molecule has 0 saturated carbocycles. The summed E-state index contributed by atoms with van der Waals surface area (Å²) in [5.74, 6) is 0. The van der Waals surface area contributed by atoms with E-state index in [4.69, 9.17) is 0 Å². The minimum Gasteiger partial charge on any atom is -0.392 e. The smallest absolute Gasteiger partial charge is 0.392 e. The molecule has 1 aromatic heterocycles. The molecule has 0 atom stereocenters. The summed E-state index contributed by atoms with van der Waals surface area (Å²) in [4.78, 5) is 3.92. The number of nitrogens with zero attached hydrogens (tertiary/aromatic N) is 1. The molecular formula is C17H12F3NO. The van der Waals surface area contributed by atoms with Gasteiger partial charge in [0.1, 0.15) is 0 Å². The van der Waals surface area contributed by atoms with Gasteiger partial charge in [0.15, 0.2) is 0 Å². The topological polar surface area (TPSA) is 33.1 Å². The lowest BCUT2D eigenvalue weighted by Gasteiger charge is -2.15. The zero-order valence-corrected chi connectivity index (χ0v) is 11.4. The van der Waals surface area contributed by atoms with Crippen molar-refractivity contribution in [1.29, 1.82) is 0 Å². The van der Waals surface area contributed by atoms with Crippen LogP contribution in [0.4, 0.5) is 13.2 Å². The molecule has 0 fully saturated rings. The first-order chi connectivity index (χ1) is 10.5. The van der Waals surface area contributed by atoms with Gasteiger partial charge in [0.25, 0.3) is 0 Å². The average molecular weight is 303 g/mol. The lowest BCUT2D eigenvalue weighted by Crippen LogP contribution is -2.07. The van der Waals surface area contributed by atoms with Crippen molar-refractivity contribution in [3.05, 3.63) is 65.9 Å². The highest BCUT2D eigenvalue weighted by atomic mass is 19.4. The molecule has 112 valence electrons. The Balaban J connectivity index is 2.39. The predicted octanol–water partition coefficient (Wildman–Crippen LogP) is 4.41. The van der Waals surface area contributed by atoms with Crippen molar-refractivity contribution in [2.24, 2.45) is 0 Å². The van der Waals surface area contributed by atoms with Crippen molar-refractivity contribution in [3.8, 4) is 11.1 Å². The summed E-state index contributed by atoms with van der Waals surface area (Å²) >= 11 is 0. The fourth-order valence-corrected chi connectivity index (χ4v) is 2.56. The van der Waals surface area contributed by atoms with Crippen LogP contribution in [0.25, 0.3) is 22.0 Å². The number of benzene rings is 2. The molecule has 2 nitrogen and oxygen atoms in total. The second-order valence-corrected chi connectivity index (χ2v) is 4.88. The Morgan fingerprint density at radius 2 is 1.68 bits per heavy atom. The number of hydrogen-bond acceptors (Lipinski definition) is 2. The summed E-state index contributed by atoms with van der Waals surface area (Å²) in [6.07, 6.45) is -3.17. The Hall–Kier alpha value is -2.40. The van der Waals surface area contributed by atoms with Gasteiger partial charge in [0.2, 0.25) is 0 Å². The highest BCUT2D eigenvalue weighted by Gasteiger charge is 2.33. The molecule has 0 amide bonds. The van der Waals surface area contributed by atoms with Crippen molar-refractivity contribution in [3.63, 3.8) is 0 Å². The van der Waals surface area contributed by atoms with Crippen molar-refractivity contribution in [2.75, 3.05) is 0 Å². The van der Waals surface area contributed by atoms with Gasteiger partial charge >= 0.3 is 6.18 Å². The minimum atomic E-state index is -4.47. The monoisotopic (exact) mass is 303 g/mol. The third kappa shape index (κ3) is 2.44. The lowest BCUT2D eigenvalue weighted by atomic mass is 9.95. The Bertz CT molecular complexity index is 813. The number of aliphatic hydroxyl groups excluding tert-OH is 1. The number of para-hydroxylation sites is 1. The SMILES string of the molecule is OCc1cnc2c(C(F)(F)F)cccc2c1-c1ccccc1. The number of alkyl halides is 3.